The minimum Gasteiger partial charge on any atom is -0.456 e. The van der Waals surface area contributed by atoms with E-state index >= 15 is 0 Å². The Kier molecular flexibility index (Phi) is 5.91. The normalized spacial score (nSPS) is 15.3. The number of ether oxygens (including phenoxy) is 1. The van der Waals surface area contributed by atoms with Gasteiger partial charge >= 0.3 is 0 Å². The Hall–Kier alpha value is -6.64. The zero-order valence-electron chi connectivity index (χ0n) is 27.8. The summed E-state index contributed by atoms with van der Waals surface area (Å²) in [5.74, 6) is 1.79. The molecule has 2 heteroatoms. The van der Waals surface area contributed by atoms with Crippen LogP contribution in [0.1, 0.15) is 22.3 Å². The quantitative estimate of drug-likeness (QED) is 0.186. The maximum atomic E-state index is 7.13. The maximum absolute atomic E-state index is 7.13. The molecule has 3 heterocycles. The molecular weight excluding hydrogens is 619 g/mol. The first kappa shape index (κ1) is 28.2. The Morgan fingerprint density at radius 3 is 1.75 bits per heavy atom. The Labute approximate surface area is 296 Å². The number of fused-ring (bicyclic) bond motifs is 11. The first-order valence-corrected chi connectivity index (χ1v) is 17.6. The molecule has 0 amide bonds. The van der Waals surface area contributed by atoms with Crippen LogP contribution in [0, 0.1) is 0 Å². The highest BCUT2D eigenvalue weighted by molar-refractivity contribution is 6.12. The number of aromatic nitrogens is 1. The lowest BCUT2D eigenvalue weighted by Crippen LogP contribution is -2.37. The fraction of sp³-hybridized carbons (Fsp3) is 0.0204. The van der Waals surface area contributed by atoms with Crippen molar-refractivity contribution in [2.45, 2.75) is 5.41 Å². The summed E-state index contributed by atoms with van der Waals surface area (Å²) in [4.78, 5) is 0. The monoisotopic (exact) mass is 649 g/mol. The number of para-hydroxylation sites is 5. The molecule has 2 aliphatic rings. The third-order valence-electron chi connectivity index (χ3n) is 11.0. The van der Waals surface area contributed by atoms with Crippen LogP contribution in [-0.4, -0.2) is 4.57 Å². The number of hydrogen-bond donors (Lipinski definition) is 0. The van der Waals surface area contributed by atoms with Crippen LogP contribution in [0.3, 0.4) is 0 Å². The van der Waals surface area contributed by atoms with E-state index in [0.29, 0.717) is 0 Å². The fourth-order valence-corrected chi connectivity index (χ4v) is 8.95. The van der Waals surface area contributed by atoms with Crippen LogP contribution in [0.2, 0.25) is 0 Å². The molecule has 8 aromatic carbocycles. The van der Waals surface area contributed by atoms with E-state index in [-0.39, 0.29) is 0 Å². The molecule has 1 spiro atoms. The van der Waals surface area contributed by atoms with Crippen LogP contribution >= 0.6 is 0 Å². The van der Waals surface area contributed by atoms with Crippen molar-refractivity contribution < 1.29 is 4.74 Å². The van der Waals surface area contributed by atoms with Gasteiger partial charge in [-0.25, -0.2) is 0 Å². The van der Waals surface area contributed by atoms with Crippen LogP contribution < -0.4 is 4.74 Å². The molecule has 51 heavy (non-hydrogen) atoms. The van der Waals surface area contributed by atoms with Gasteiger partial charge in [0, 0.05) is 27.5 Å². The van der Waals surface area contributed by atoms with E-state index in [1.54, 1.807) is 0 Å². The molecule has 0 saturated heterocycles. The van der Waals surface area contributed by atoms with Crippen LogP contribution in [-0.2, 0) is 5.41 Å². The first-order chi connectivity index (χ1) is 25.3. The molecule has 0 aliphatic carbocycles. The van der Waals surface area contributed by atoms with Crippen LogP contribution in [0.25, 0.3) is 60.9 Å². The van der Waals surface area contributed by atoms with Gasteiger partial charge in [-0.1, -0.05) is 152 Å². The topological polar surface area (TPSA) is 14.2 Å². The van der Waals surface area contributed by atoms with Gasteiger partial charge in [-0.05, 0) is 75.3 Å². The molecule has 0 N–H and O–H groups in total. The SMILES string of the molecule is c1ccc(-c2cc(-c3ccccc3)cc(-c3cccc4c3Oc3ccccc3C43c4ccccc4-n4c5ccccc5c5cccc3c54)c2)cc1. The van der Waals surface area contributed by atoms with Crippen molar-refractivity contribution in [3.8, 4) is 50.6 Å². The lowest BCUT2D eigenvalue weighted by molar-refractivity contribution is 0.435. The van der Waals surface area contributed by atoms with Crippen molar-refractivity contribution in [2.75, 3.05) is 0 Å². The molecule has 2 nitrogen and oxygen atoms in total. The van der Waals surface area contributed by atoms with Gasteiger partial charge in [-0.15, -0.1) is 0 Å². The number of hydrogen-bond acceptors (Lipinski definition) is 1. The minimum absolute atomic E-state index is 0.611. The van der Waals surface area contributed by atoms with E-state index in [1.165, 1.54) is 60.9 Å². The van der Waals surface area contributed by atoms with Gasteiger partial charge < -0.3 is 9.30 Å². The lowest BCUT2D eigenvalue weighted by atomic mass is 9.61. The Bertz CT molecular complexity index is 2770. The van der Waals surface area contributed by atoms with E-state index in [1.807, 2.05) is 0 Å². The van der Waals surface area contributed by atoms with Crippen molar-refractivity contribution in [1.29, 1.82) is 0 Å². The van der Waals surface area contributed by atoms with Gasteiger partial charge in [-0.2, -0.15) is 0 Å². The van der Waals surface area contributed by atoms with Crippen molar-refractivity contribution >= 4 is 21.8 Å². The summed E-state index contributed by atoms with van der Waals surface area (Å²) in [5.41, 5.74) is 14.8. The predicted octanol–water partition coefficient (Wildman–Crippen LogP) is 12.6. The average Bonchev–Trinajstić information content (AvgIpc) is 3.55. The largest absolute Gasteiger partial charge is 0.456 e. The number of nitrogens with zero attached hydrogens (tertiary/aromatic N) is 1. The minimum atomic E-state index is -0.611. The highest BCUT2D eigenvalue weighted by atomic mass is 16.5. The van der Waals surface area contributed by atoms with E-state index in [0.717, 1.165) is 33.8 Å². The van der Waals surface area contributed by atoms with Gasteiger partial charge in [0.1, 0.15) is 11.5 Å². The molecule has 0 fully saturated rings. The second kappa shape index (κ2) is 10.7. The summed E-state index contributed by atoms with van der Waals surface area (Å²) in [7, 11) is 0. The van der Waals surface area contributed by atoms with Gasteiger partial charge in [0.15, 0.2) is 0 Å². The molecule has 1 atom stereocenters. The summed E-state index contributed by atoms with van der Waals surface area (Å²) >= 11 is 0. The van der Waals surface area contributed by atoms with Crippen molar-refractivity contribution in [3.05, 3.63) is 210 Å². The predicted molar refractivity (Wildman–Crippen MR) is 209 cm³/mol. The van der Waals surface area contributed by atoms with Crippen molar-refractivity contribution in [2.24, 2.45) is 0 Å². The van der Waals surface area contributed by atoms with Gasteiger partial charge in [0.05, 0.1) is 22.1 Å². The molecule has 0 radical (unpaired) electrons. The molecule has 238 valence electrons. The van der Waals surface area contributed by atoms with E-state index in [4.69, 9.17) is 4.74 Å². The molecule has 0 saturated carbocycles. The molecule has 11 rings (SSSR count). The second-order valence-corrected chi connectivity index (χ2v) is 13.6. The van der Waals surface area contributed by atoms with E-state index in [9.17, 15) is 0 Å². The Balaban J connectivity index is 1.26. The molecule has 1 aromatic heterocycles. The highest BCUT2D eigenvalue weighted by Crippen LogP contribution is 2.61. The highest BCUT2D eigenvalue weighted by Gasteiger charge is 2.50. The van der Waals surface area contributed by atoms with Crippen LogP contribution in [0.15, 0.2) is 188 Å². The van der Waals surface area contributed by atoms with Gasteiger partial charge in [0.25, 0.3) is 0 Å². The molecular formula is C49H31NO. The summed E-state index contributed by atoms with van der Waals surface area (Å²) in [6.07, 6.45) is 0. The summed E-state index contributed by atoms with van der Waals surface area (Å²) < 4.78 is 9.62. The van der Waals surface area contributed by atoms with Crippen LogP contribution in [0.5, 0.6) is 11.5 Å². The average molecular weight is 650 g/mol. The van der Waals surface area contributed by atoms with E-state index in [2.05, 4.69) is 193 Å². The molecule has 2 aliphatic heterocycles. The fourth-order valence-electron chi connectivity index (χ4n) is 8.95. The Morgan fingerprint density at radius 2 is 0.961 bits per heavy atom. The summed E-state index contributed by atoms with van der Waals surface area (Å²) in [5, 5.41) is 2.53. The smallest absolute Gasteiger partial charge is 0.140 e. The Morgan fingerprint density at radius 1 is 0.392 bits per heavy atom. The summed E-state index contributed by atoms with van der Waals surface area (Å²) in [6.45, 7) is 0. The third-order valence-corrected chi connectivity index (χ3v) is 11.0. The number of rotatable bonds is 3. The third kappa shape index (κ3) is 3.87. The number of benzene rings is 8. The van der Waals surface area contributed by atoms with Gasteiger partial charge in [0.2, 0.25) is 0 Å². The van der Waals surface area contributed by atoms with Crippen molar-refractivity contribution in [1.82, 2.24) is 4.57 Å². The van der Waals surface area contributed by atoms with Crippen molar-refractivity contribution in [3.63, 3.8) is 0 Å². The zero-order valence-corrected chi connectivity index (χ0v) is 27.8. The molecule has 0 bridgehead atoms. The molecule has 1 unspecified atom stereocenters. The second-order valence-electron chi connectivity index (χ2n) is 13.6. The van der Waals surface area contributed by atoms with Crippen LogP contribution in [0.4, 0.5) is 0 Å². The zero-order chi connectivity index (χ0) is 33.5. The maximum Gasteiger partial charge on any atom is 0.140 e. The molecule has 9 aromatic rings. The van der Waals surface area contributed by atoms with E-state index < -0.39 is 5.41 Å². The lowest BCUT2D eigenvalue weighted by Gasteiger charge is -2.45. The first-order valence-electron chi connectivity index (χ1n) is 17.6. The van der Waals surface area contributed by atoms with Gasteiger partial charge in [-0.3, -0.25) is 0 Å². The summed E-state index contributed by atoms with van der Waals surface area (Å²) in [6, 6.07) is 68.3. The standard InChI is InChI=1S/C49H31NO/c1-3-15-32(16-4-1)34-29-35(33-17-5-2-6-18-33)31-36(30-34)37-20-13-25-43-48(37)51-46-28-12-9-23-41(46)49(43)40-22-8-11-27-45(40)50-44-26-10-7-19-38(44)39-21-14-24-42(49)47(39)50/h1-31H.